The lowest BCUT2D eigenvalue weighted by molar-refractivity contribution is 0.135. The molecule has 0 bridgehead atoms. The summed E-state index contributed by atoms with van der Waals surface area (Å²) in [5.74, 6) is 0.393. The Morgan fingerprint density at radius 2 is 2.08 bits per heavy atom. The van der Waals surface area contributed by atoms with Gasteiger partial charge < -0.3 is 10.2 Å². The summed E-state index contributed by atoms with van der Waals surface area (Å²) in [6.45, 7) is 8.17. The van der Waals surface area contributed by atoms with Gasteiger partial charge in [-0.1, -0.05) is 26.0 Å². The fraction of sp³-hybridized carbons (Fsp3) is 0.818. The largest absolute Gasteiger partial charge is 0.396 e. The molecule has 0 unspecified atom stereocenters. The molecule has 0 saturated heterocycles. The van der Waals surface area contributed by atoms with Gasteiger partial charge in [-0.25, -0.2) is 0 Å². The van der Waals surface area contributed by atoms with Crippen LogP contribution in [0.5, 0.6) is 0 Å². The SMILES string of the molecule is C=C(CC)C[C@H](O)C[C@@H](C)CCO. The van der Waals surface area contributed by atoms with Gasteiger partial charge in [-0.3, -0.25) is 0 Å². The van der Waals surface area contributed by atoms with Crippen LogP contribution in [0.4, 0.5) is 0 Å². The monoisotopic (exact) mass is 186 g/mol. The second-order valence-electron chi connectivity index (χ2n) is 3.81. The molecule has 78 valence electrons. The molecule has 2 atom stereocenters. The van der Waals surface area contributed by atoms with E-state index in [1.807, 2.05) is 13.8 Å². The van der Waals surface area contributed by atoms with Gasteiger partial charge in [-0.15, -0.1) is 0 Å². The average molecular weight is 186 g/mol. The van der Waals surface area contributed by atoms with Crippen molar-refractivity contribution in [2.75, 3.05) is 6.61 Å². The van der Waals surface area contributed by atoms with E-state index in [0.717, 1.165) is 24.8 Å². The summed E-state index contributed by atoms with van der Waals surface area (Å²) in [4.78, 5) is 0. The van der Waals surface area contributed by atoms with Crippen LogP contribution >= 0.6 is 0 Å². The van der Waals surface area contributed by atoms with E-state index in [4.69, 9.17) is 5.11 Å². The molecule has 2 heteroatoms. The van der Waals surface area contributed by atoms with Crippen molar-refractivity contribution in [3.8, 4) is 0 Å². The Kier molecular flexibility index (Phi) is 6.92. The standard InChI is InChI=1S/C11H22O2/c1-4-9(2)7-11(13)8-10(3)5-6-12/h10-13H,2,4-8H2,1,3H3/t10-,11-/m0/s1. The second-order valence-corrected chi connectivity index (χ2v) is 3.81. The highest BCUT2D eigenvalue weighted by Gasteiger charge is 2.10. The molecule has 13 heavy (non-hydrogen) atoms. The molecule has 0 amide bonds. The first kappa shape index (κ1) is 12.7. The van der Waals surface area contributed by atoms with Gasteiger partial charge in [-0.2, -0.15) is 0 Å². The van der Waals surface area contributed by atoms with Crippen molar-refractivity contribution in [2.24, 2.45) is 5.92 Å². The van der Waals surface area contributed by atoms with Crippen LogP contribution in [0.2, 0.25) is 0 Å². The summed E-state index contributed by atoms with van der Waals surface area (Å²) < 4.78 is 0. The van der Waals surface area contributed by atoms with Gasteiger partial charge in [0.2, 0.25) is 0 Å². The maximum absolute atomic E-state index is 9.61. The molecule has 0 fully saturated rings. The highest BCUT2D eigenvalue weighted by atomic mass is 16.3. The van der Waals surface area contributed by atoms with E-state index < -0.39 is 0 Å². The van der Waals surface area contributed by atoms with E-state index in [9.17, 15) is 5.11 Å². The maximum Gasteiger partial charge on any atom is 0.0579 e. The first-order chi connectivity index (χ1) is 6.10. The minimum absolute atomic E-state index is 0.211. The molecule has 0 aromatic carbocycles. The molecule has 0 spiro atoms. The predicted octanol–water partition coefficient (Wildman–Crippen LogP) is 2.11. The normalized spacial score (nSPS) is 15.4. The molecule has 0 aliphatic carbocycles. The Bertz CT molecular complexity index is 143. The fourth-order valence-electron chi connectivity index (χ4n) is 1.36. The van der Waals surface area contributed by atoms with Gasteiger partial charge in [-0.05, 0) is 31.6 Å². The van der Waals surface area contributed by atoms with Crippen molar-refractivity contribution in [1.82, 2.24) is 0 Å². The Balaban J connectivity index is 3.60. The molecule has 0 aliphatic rings. The van der Waals surface area contributed by atoms with Crippen molar-refractivity contribution >= 4 is 0 Å². The Hall–Kier alpha value is -0.340. The first-order valence-electron chi connectivity index (χ1n) is 5.05. The molecule has 0 aromatic rings. The lowest BCUT2D eigenvalue weighted by Crippen LogP contribution is -2.13. The summed E-state index contributed by atoms with van der Waals surface area (Å²) in [5.41, 5.74) is 1.10. The highest BCUT2D eigenvalue weighted by molar-refractivity contribution is 4.94. The van der Waals surface area contributed by atoms with Gasteiger partial charge in [0, 0.05) is 6.61 Å². The molecule has 0 saturated carbocycles. The van der Waals surface area contributed by atoms with E-state index in [2.05, 4.69) is 6.58 Å². The van der Waals surface area contributed by atoms with Crippen LogP contribution in [0.3, 0.4) is 0 Å². The zero-order valence-electron chi connectivity index (χ0n) is 8.79. The number of rotatable bonds is 7. The van der Waals surface area contributed by atoms with Crippen LogP contribution in [-0.2, 0) is 0 Å². The summed E-state index contributed by atoms with van der Waals surface area (Å²) in [6.07, 6.45) is 2.89. The average Bonchev–Trinajstić information content (AvgIpc) is 2.04. The molecule has 0 aliphatic heterocycles. The summed E-state index contributed by atoms with van der Waals surface area (Å²) in [7, 11) is 0. The summed E-state index contributed by atoms with van der Waals surface area (Å²) in [6, 6.07) is 0. The number of aliphatic hydroxyl groups is 2. The van der Waals surface area contributed by atoms with Crippen LogP contribution in [-0.4, -0.2) is 22.9 Å². The maximum atomic E-state index is 9.61. The number of hydrogen-bond acceptors (Lipinski definition) is 2. The van der Waals surface area contributed by atoms with Crippen LogP contribution in [0.1, 0.15) is 39.5 Å². The van der Waals surface area contributed by atoms with Gasteiger partial charge in [0.25, 0.3) is 0 Å². The number of hydrogen-bond donors (Lipinski definition) is 2. The van der Waals surface area contributed by atoms with E-state index in [0.29, 0.717) is 12.3 Å². The molecule has 2 nitrogen and oxygen atoms in total. The molecule has 0 heterocycles. The van der Waals surface area contributed by atoms with Crippen LogP contribution < -0.4 is 0 Å². The third kappa shape index (κ3) is 6.79. The molecule has 0 rings (SSSR count). The van der Waals surface area contributed by atoms with Crippen LogP contribution in [0.15, 0.2) is 12.2 Å². The lowest BCUT2D eigenvalue weighted by Gasteiger charge is -2.16. The van der Waals surface area contributed by atoms with E-state index >= 15 is 0 Å². The van der Waals surface area contributed by atoms with Gasteiger partial charge in [0.05, 0.1) is 6.10 Å². The molecular weight excluding hydrogens is 164 g/mol. The third-order valence-electron chi connectivity index (χ3n) is 2.32. The van der Waals surface area contributed by atoms with Crippen molar-refractivity contribution < 1.29 is 10.2 Å². The van der Waals surface area contributed by atoms with Crippen molar-refractivity contribution in [3.05, 3.63) is 12.2 Å². The fourth-order valence-corrected chi connectivity index (χ4v) is 1.36. The Labute approximate surface area is 81.3 Å². The lowest BCUT2D eigenvalue weighted by atomic mass is 9.96. The quantitative estimate of drug-likeness (QED) is 0.598. The van der Waals surface area contributed by atoms with Gasteiger partial charge in [0.1, 0.15) is 0 Å². The van der Waals surface area contributed by atoms with Crippen molar-refractivity contribution in [3.63, 3.8) is 0 Å². The predicted molar refractivity (Wildman–Crippen MR) is 55.5 cm³/mol. The molecule has 2 N–H and O–H groups in total. The third-order valence-corrected chi connectivity index (χ3v) is 2.32. The topological polar surface area (TPSA) is 40.5 Å². The van der Waals surface area contributed by atoms with Crippen molar-refractivity contribution in [2.45, 2.75) is 45.6 Å². The highest BCUT2D eigenvalue weighted by Crippen LogP contribution is 2.16. The second kappa shape index (κ2) is 7.10. The Morgan fingerprint density at radius 3 is 2.54 bits per heavy atom. The molecule has 0 aromatic heterocycles. The zero-order valence-corrected chi connectivity index (χ0v) is 8.79. The Morgan fingerprint density at radius 1 is 1.46 bits per heavy atom. The number of aliphatic hydroxyl groups excluding tert-OH is 2. The van der Waals surface area contributed by atoms with Crippen molar-refractivity contribution in [1.29, 1.82) is 0 Å². The molecule has 0 radical (unpaired) electrons. The zero-order chi connectivity index (χ0) is 10.3. The van der Waals surface area contributed by atoms with Gasteiger partial charge >= 0.3 is 0 Å². The van der Waals surface area contributed by atoms with Gasteiger partial charge in [0.15, 0.2) is 0 Å². The first-order valence-corrected chi connectivity index (χ1v) is 5.05. The molecular formula is C11H22O2. The van der Waals surface area contributed by atoms with Crippen LogP contribution in [0.25, 0.3) is 0 Å². The smallest absolute Gasteiger partial charge is 0.0579 e. The van der Waals surface area contributed by atoms with E-state index in [1.54, 1.807) is 0 Å². The summed E-state index contributed by atoms with van der Waals surface area (Å²) in [5, 5.41) is 18.3. The van der Waals surface area contributed by atoms with E-state index in [1.165, 1.54) is 0 Å². The minimum atomic E-state index is -0.283. The minimum Gasteiger partial charge on any atom is -0.396 e. The van der Waals surface area contributed by atoms with E-state index in [-0.39, 0.29) is 12.7 Å². The van der Waals surface area contributed by atoms with Crippen LogP contribution in [0, 0.1) is 5.92 Å². The summed E-state index contributed by atoms with van der Waals surface area (Å²) >= 11 is 0.